The Bertz CT molecular complexity index is 626. The number of carbonyl (C=O) groups is 2. The van der Waals surface area contributed by atoms with E-state index in [1.165, 1.54) is 12.8 Å². The van der Waals surface area contributed by atoms with Crippen molar-refractivity contribution in [1.82, 2.24) is 5.32 Å². The molecule has 24 heavy (non-hydrogen) atoms. The summed E-state index contributed by atoms with van der Waals surface area (Å²) in [6, 6.07) is 5.05. The Labute approximate surface area is 141 Å². The summed E-state index contributed by atoms with van der Waals surface area (Å²) < 4.78 is 11.0. The number of aliphatic carboxylic acids is 1. The van der Waals surface area contributed by atoms with E-state index < -0.39 is 5.97 Å². The molecule has 3 rings (SSSR count). The fraction of sp³-hybridized carbons (Fsp3) is 0.556. The summed E-state index contributed by atoms with van der Waals surface area (Å²) in [5, 5.41) is 12.0. The predicted octanol–water partition coefficient (Wildman–Crippen LogP) is 2.47. The smallest absolute Gasteiger partial charge is 0.306 e. The van der Waals surface area contributed by atoms with E-state index in [0.717, 1.165) is 0 Å². The predicted molar refractivity (Wildman–Crippen MR) is 87.4 cm³/mol. The van der Waals surface area contributed by atoms with Crippen molar-refractivity contribution in [3.05, 3.63) is 23.8 Å². The van der Waals surface area contributed by atoms with Crippen molar-refractivity contribution in [3.63, 3.8) is 0 Å². The van der Waals surface area contributed by atoms with Crippen molar-refractivity contribution in [2.45, 2.75) is 38.1 Å². The van der Waals surface area contributed by atoms with E-state index in [-0.39, 0.29) is 17.9 Å². The Morgan fingerprint density at radius 1 is 1.25 bits per heavy atom. The van der Waals surface area contributed by atoms with Crippen LogP contribution in [0.4, 0.5) is 0 Å². The first-order chi connectivity index (χ1) is 11.6. The Morgan fingerprint density at radius 3 is 2.67 bits per heavy atom. The highest BCUT2D eigenvalue weighted by Crippen LogP contribution is 2.32. The third kappa shape index (κ3) is 3.99. The normalized spacial score (nSPS) is 22.9. The minimum absolute atomic E-state index is 0.100. The van der Waals surface area contributed by atoms with E-state index in [9.17, 15) is 9.59 Å². The summed E-state index contributed by atoms with van der Waals surface area (Å²) in [6.45, 7) is 0.609. The lowest BCUT2D eigenvalue weighted by molar-refractivity contribution is -0.141. The number of nitrogens with one attached hydrogen (secondary N) is 1. The Kier molecular flexibility index (Phi) is 4.92. The van der Waals surface area contributed by atoms with E-state index in [4.69, 9.17) is 14.6 Å². The van der Waals surface area contributed by atoms with Gasteiger partial charge in [0.1, 0.15) is 11.5 Å². The van der Waals surface area contributed by atoms with Gasteiger partial charge in [-0.3, -0.25) is 9.59 Å². The van der Waals surface area contributed by atoms with Gasteiger partial charge in [0.2, 0.25) is 0 Å². The number of carboxylic acids is 1. The minimum atomic E-state index is -0.787. The van der Waals surface area contributed by atoms with E-state index in [2.05, 4.69) is 5.32 Å². The van der Waals surface area contributed by atoms with Gasteiger partial charge >= 0.3 is 5.97 Å². The number of methoxy groups -OCH3 is 1. The van der Waals surface area contributed by atoms with E-state index in [0.29, 0.717) is 48.8 Å². The molecule has 0 heterocycles. The average Bonchev–Trinajstić information content (AvgIpc) is 3.29. The number of carboxylic acid groups (broad SMARTS) is 1. The molecule has 2 fully saturated rings. The van der Waals surface area contributed by atoms with Crippen LogP contribution >= 0.6 is 0 Å². The molecular formula is C18H23NO5. The number of carbonyl (C=O) groups excluding carboxylic acids is 1. The van der Waals surface area contributed by atoms with Gasteiger partial charge in [-0.25, -0.2) is 0 Å². The molecule has 0 aliphatic heterocycles. The molecule has 2 aliphatic rings. The van der Waals surface area contributed by atoms with Gasteiger partial charge in [0.05, 0.1) is 25.2 Å². The molecule has 2 aliphatic carbocycles. The highest BCUT2D eigenvalue weighted by molar-refractivity contribution is 5.97. The second-order valence-electron chi connectivity index (χ2n) is 6.64. The molecule has 0 bridgehead atoms. The highest BCUT2D eigenvalue weighted by Gasteiger charge is 2.31. The molecule has 0 aromatic heterocycles. The molecule has 1 aromatic carbocycles. The maximum Gasteiger partial charge on any atom is 0.306 e. The van der Waals surface area contributed by atoms with Crippen LogP contribution < -0.4 is 14.8 Å². The minimum Gasteiger partial charge on any atom is -0.497 e. The molecule has 2 N–H and O–H groups in total. The van der Waals surface area contributed by atoms with Gasteiger partial charge in [-0.05, 0) is 50.2 Å². The van der Waals surface area contributed by atoms with E-state index in [1.54, 1.807) is 25.3 Å². The van der Waals surface area contributed by atoms with Crippen LogP contribution in [0.5, 0.6) is 11.5 Å². The number of rotatable bonds is 7. The van der Waals surface area contributed by atoms with Crippen molar-refractivity contribution in [1.29, 1.82) is 0 Å². The first-order valence-corrected chi connectivity index (χ1v) is 8.41. The van der Waals surface area contributed by atoms with Gasteiger partial charge in [0.25, 0.3) is 5.91 Å². The van der Waals surface area contributed by atoms with Crippen LogP contribution in [0.2, 0.25) is 0 Å². The van der Waals surface area contributed by atoms with Crippen molar-refractivity contribution in [2.75, 3.05) is 13.7 Å². The largest absolute Gasteiger partial charge is 0.497 e. The number of ether oxygens (including phenoxy) is 2. The Hall–Kier alpha value is -2.24. The standard InChI is InChI=1S/C18H23NO5/c1-23-14-6-7-15(16(9-14)24-10-11-2-3-11)17(20)19-13-5-4-12(8-13)18(21)22/h6-7,9,11-13H,2-5,8,10H2,1H3,(H,19,20)(H,21,22)/t12-,13+/m1/s1. The van der Waals surface area contributed by atoms with Gasteiger partial charge in [-0.1, -0.05) is 0 Å². The molecule has 0 radical (unpaired) electrons. The molecular weight excluding hydrogens is 310 g/mol. The lowest BCUT2D eigenvalue weighted by atomic mass is 10.1. The molecule has 1 aromatic rings. The monoisotopic (exact) mass is 333 g/mol. The Balaban J connectivity index is 1.67. The van der Waals surface area contributed by atoms with Crippen molar-refractivity contribution < 1.29 is 24.2 Å². The number of benzene rings is 1. The molecule has 2 atom stereocenters. The first kappa shape index (κ1) is 16.6. The van der Waals surface area contributed by atoms with Crippen molar-refractivity contribution in [3.8, 4) is 11.5 Å². The third-order valence-electron chi connectivity index (χ3n) is 4.72. The molecule has 0 spiro atoms. The lowest BCUT2D eigenvalue weighted by Gasteiger charge is -2.16. The van der Waals surface area contributed by atoms with Crippen LogP contribution in [-0.4, -0.2) is 36.7 Å². The number of hydrogen-bond acceptors (Lipinski definition) is 4. The van der Waals surface area contributed by atoms with Crippen LogP contribution in [0, 0.1) is 11.8 Å². The second kappa shape index (κ2) is 7.11. The lowest BCUT2D eigenvalue weighted by Crippen LogP contribution is -2.33. The fourth-order valence-electron chi connectivity index (χ4n) is 3.03. The summed E-state index contributed by atoms with van der Waals surface area (Å²) in [4.78, 5) is 23.6. The zero-order chi connectivity index (χ0) is 17.1. The summed E-state index contributed by atoms with van der Waals surface area (Å²) in [5.41, 5.74) is 0.468. The quantitative estimate of drug-likeness (QED) is 0.801. The van der Waals surface area contributed by atoms with Gasteiger partial charge in [0, 0.05) is 12.1 Å². The number of hydrogen-bond donors (Lipinski definition) is 2. The van der Waals surface area contributed by atoms with Gasteiger partial charge in [-0.15, -0.1) is 0 Å². The fourth-order valence-corrected chi connectivity index (χ4v) is 3.03. The molecule has 6 nitrogen and oxygen atoms in total. The van der Waals surface area contributed by atoms with Gasteiger partial charge < -0.3 is 19.9 Å². The zero-order valence-electron chi connectivity index (χ0n) is 13.8. The first-order valence-electron chi connectivity index (χ1n) is 8.41. The van der Waals surface area contributed by atoms with E-state index in [1.807, 2.05) is 0 Å². The topological polar surface area (TPSA) is 84.9 Å². The maximum atomic E-state index is 12.6. The van der Waals surface area contributed by atoms with Crippen LogP contribution in [-0.2, 0) is 4.79 Å². The SMILES string of the molecule is COc1ccc(C(=O)N[C@H]2CC[C@@H](C(=O)O)C2)c(OCC2CC2)c1. The summed E-state index contributed by atoms with van der Waals surface area (Å²) in [6.07, 6.45) is 4.12. The van der Waals surface area contributed by atoms with Gasteiger partial charge in [0.15, 0.2) is 0 Å². The second-order valence-corrected chi connectivity index (χ2v) is 6.64. The van der Waals surface area contributed by atoms with E-state index >= 15 is 0 Å². The molecule has 0 unspecified atom stereocenters. The Morgan fingerprint density at radius 2 is 2.04 bits per heavy atom. The summed E-state index contributed by atoms with van der Waals surface area (Å²) in [7, 11) is 1.57. The molecule has 2 saturated carbocycles. The maximum absolute atomic E-state index is 12.6. The van der Waals surface area contributed by atoms with Crippen molar-refractivity contribution in [2.24, 2.45) is 11.8 Å². The molecule has 0 saturated heterocycles. The van der Waals surface area contributed by atoms with Gasteiger partial charge in [-0.2, -0.15) is 0 Å². The van der Waals surface area contributed by atoms with Crippen molar-refractivity contribution >= 4 is 11.9 Å². The molecule has 6 heteroatoms. The third-order valence-corrected chi connectivity index (χ3v) is 4.72. The molecule has 130 valence electrons. The van der Waals surface area contributed by atoms with Crippen LogP contribution in [0.1, 0.15) is 42.5 Å². The average molecular weight is 333 g/mol. The molecule has 1 amide bonds. The van der Waals surface area contributed by atoms with Crippen LogP contribution in [0.3, 0.4) is 0 Å². The number of amides is 1. The van der Waals surface area contributed by atoms with Crippen LogP contribution in [0.25, 0.3) is 0 Å². The van der Waals surface area contributed by atoms with Crippen LogP contribution in [0.15, 0.2) is 18.2 Å². The highest BCUT2D eigenvalue weighted by atomic mass is 16.5. The summed E-state index contributed by atoms with van der Waals surface area (Å²) in [5.74, 6) is 0.370. The summed E-state index contributed by atoms with van der Waals surface area (Å²) >= 11 is 0. The zero-order valence-corrected chi connectivity index (χ0v) is 13.8.